The molecule has 1 unspecified atom stereocenters. The maximum Gasteiger partial charge on any atom is 0.0638 e. The Morgan fingerprint density at radius 1 is 1.59 bits per heavy atom. The molecule has 5 heteroatoms. The molecular formula is C12H24N4O. The average Bonchev–Trinajstić information content (AvgIpc) is 2.61. The minimum Gasteiger partial charge on any atom is -0.383 e. The van der Waals surface area contributed by atoms with Crippen LogP contribution in [0.5, 0.6) is 0 Å². The van der Waals surface area contributed by atoms with Gasteiger partial charge in [0.2, 0.25) is 0 Å². The van der Waals surface area contributed by atoms with Gasteiger partial charge in [-0.15, -0.1) is 0 Å². The van der Waals surface area contributed by atoms with Gasteiger partial charge in [0.1, 0.15) is 0 Å². The monoisotopic (exact) mass is 240 g/mol. The molecular weight excluding hydrogens is 216 g/mol. The molecule has 0 bridgehead atoms. The zero-order chi connectivity index (χ0) is 12.7. The van der Waals surface area contributed by atoms with E-state index in [0.717, 1.165) is 38.2 Å². The fraction of sp³-hybridized carbons (Fsp3) is 0.750. The van der Waals surface area contributed by atoms with Gasteiger partial charge in [0.15, 0.2) is 0 Å². The third-order valence-electron chi connectivity index (χ3n) is 2.82. The van der Waals surface area contributed by atoms with Crippen LogP contribution in [-0.2, 0) is 18.3 Å². The van der Waals surface area contributed by atoms with Crippen LogP contribution in [0.3, 0.4) is 0 Å². The summed E-state index contributed by atoms with van der Waals surface area (Å²) in [5.74, 6) is 0. The Labute approximate surface area is 103 Å². The van der Waals surface area contributed by atoms with Gasteiger partial charge in [-0.05, 0) is 26.3 Å². The SMILES string of the molecule is COCC(CCCN)NCc1cn(C)nc1C. The highest BCUT2D eigenvalue weighted by molar-refractivity contribution is 5.14. The number of methoxy groups -OCH3 is 1. The minimum absolute atomic E-state index is 0.364. The molecule has 0 saturated heterocycles. The summed E-state index contributed by atoms with van der Waals surface area (Å²) in [6, 6.07) is 0.364. The van der Waals surface area contributed by atoms with Crippen LogP contribution in [0.25, 0.3) is 0 Å². The van der Waals surface area contributed by atoms with Gasteiger partial charge in [-0.25, -0.2) is 0 Å². The van der Waals surface area contributed by atoms with Crippen LogP contribution in [0.1, 0.15) is 24.1 Å². The quantitative estimate of drug-likeness (QED) is 0.697. The highest BCUT2D eigenvalue weighted by Crippen LogP contribution is 2.05. The van der Waals surface area contributed by atoms with Crippen LogP contribution in [0.4, 0.5) is 0 Å². The molecule has 1 aromatic rings. The third kappa shape index (κ3) is 4.85. The van der Waals surface area contributed by atoms with Crippen LogP contribution in [0.15, 0.2) is 6.20 Å². The summed E-state index contributed by atoms with van der Waals surface area (Å²) in [6.45, 7) is 4.31. The van der Waals surface area contributed by atoms with E-state index in [4.69, 9.17) is 10.5 Å². The first-order chi connectivity index (χ1) is 8.17. The summed E-state index contributed by atoms with van der Waals surface area (Å²) in [5, 5.41) is 7.81. The number of aromatic nitrogens is 2. The number of rotatable bonds is 8. The highest BCUT2D eigenvalue weighted by Gasteiger charge is 2.09. The standard InChI is InChI=1S/C12H24N4O/c1-10-11(8-16(2)15-10)7-14-12(9-17-3)5-4-6-13/h8,12,14H,4-7,9,13H2,1-3H3. The maximum absolute atomic E-state index is 5.53. The number of hydrogen-bond acceptors (Lipinski definition) is 4. The molecule has 1 aromatic heterocycles. The second-order valence-corrected chi connectivity index (χ2v) is 4.38. The molecule has 0 aromatic carbocycles. The number of aryl methyl sites for hydroxylation is 2. The zero-order valence-electron chi connectivity index (χ0n) is 11.1. The zero-order valence-corrected chi connectivity index (χ0v) is 11.1. The smallest absolute Gasteiger partial charge is 0.0638 e. The molecule has 1 rings (SSSR count). The van der Waals surface area contributed by atoms with E-state index in [2.05, 4.69) is 16.6 Å². The summed E-state index contributed by atoms with van der Waals surface area (Å²) >= 11 is 0. The van der Waals surface area contributed by atoms with Crippen molar-refractivity contribution >= 4 is 0 Å². The molecule has 0 aliphatic carbocycles. The van der Waals surface area contributed by atoms with Gasteiger partial charge in [0.05, 0.1) is 12.3 Å². The molecule has 1 heterocycles. The lowest BCUT2D eigenvalue weighted by Crippen LogP contribution is -2.33. The van der Waals surface area contributed by atoms with E-state index >= 15 is 0 Å². The Morgan fingerprint density at radius 3 is 2.88 bits per heavy atom. The summed E-state index contributed by atoms with van der Waals surface area (Å²) in [4.78, 5) is 0. The number of hydrogen-bond donors (Lipinski definition) is 2. The summed E-state index contributed by atoms with van der Waals surface area (Å²) in [7, 11) is 3.67. The summed E-state index contributed by atoms with van der Waals surface area (Å²) in [6.07, 6.45) is 4.12. The van der Waals surface area contributed by atoms with E-state index in [9.17, 15) is 0 Å². The Bertz CT molecular complexity index is 324. The molecule has 0 saturated carbocycles. The van der Waals surface area contributed by atoms with Gasteiger partial charge < -0.3 is 15.8 Å². The molecule has 0 radical (unpaired) electrons. The molecule has 3 N–H and O–H groups in total. The number of ether oxygens (including phenoxy) is 1. The van der Waals surface area contributed by atoms with Crippen LogP contribution in [0, 0.1) is 6.92 Å². The molecule has 0 spiro atoms. The molecule has 5 nitrogen and oxygen atoms in total. The molecule has 1 atom stereocenters. The Kier molecular flexibility index (Phi) is 6.18. The normalized spacial score (nSPS) is 12.9. The largest absolute Gasteiger partial charge is 0.383 e. The van der Waals surface area contributed by atoms with Gasteiger partial charge in [-0.2, -0.15) is 5.10 Å². The lowest BCUT2D eigenvalue weighted by molar-refractivity contribution is 0.161. The van der Waals surface area contributed by atoms with E-state index in [1.165, 1.54) is 5.56 Å². The molecule has 0 fully saturated rings. The third-order valence-corrected chi connectivity index (χ3v) is 2.82. The first-order valence-corrected chi connectivity index (χ1v) is 6.09. The van der Waals surface area contributed by atoms with E-state index in [1.54, 1.807) is 7.11 Å². The number of nitrogens with one attached hydrogen (secondary N) is 1. The number of nitrogens with two attached hydrogens (primary N) is 1. The summed E-state index contributed by atoms with van der Waals surface area (Å²) < 4.78 is 7.05. The topological polar surface area (TPSA) is 65.1 Å². The van der Waals surface area contributed by atoms with Gasteiger partial charge in [-0.1, -0.05) is 0 Å². The van der Waals surface area contributed by atoms with Crippen molar-refractivity contribution in [2.75, 3.05) is 20.3 Å². The molecule has 0 aliphatic heterocycles. The van der Waals surface area contributed by atoms with Crippen LogP contribution >= 0.6 is 0 Å². The average molecular weight is 240 g/mol. The van der Waals surface area contributed by atoms with Gasteiger partial charge in [0, 0.05) is 38.5 Å². The van der Waals surface area contributed by atoms with Crippen molar-refractivity contribution < 1.29 is 4.74 Å². The lowest BCUT2D eigenvalue weighted by Gasteiger charge is -2.17. The van der Waals surface area contributed by atoms with Gasteiger partial charge in [0.25, 0.3) is 0 Å². The predicted octanol–water partition coefficient (Wildman–Crippen LogP) is 0.572. The second kappa shape index (κ2) is 7.42. The van der Waals surface area contributed by atoms with Crippen molar-refractivity contribution in [3.63, 3.8) is 0 Å². The second-order valence-electron chi connectivity index (χ2n) is 4.38. The van der Waals surface area contributed by atoms with E-state index < -0.39 is 0 Å². The fourth-order valence-electron chi connectivity index (χ4n) is 1.89. The number of nitrogens with zero attached hydrogens (tertiary/aromatic N) is 2. The van der Waals surface area contributed by atoms with Crippen molar-refractivity contribution in [2.24, 2.45) is 12.8 Å². The van der Waals surface area contributed by atoms with E-state index in [0.29, 0.717) is 6.04 Å². The Hall–Kier alpha value is -0.910. The van der Waals surface area contributed by atoms with Crippen LogP contribution in [-0.4, -0.2) is 36.1 Å². The first kappa shape index (κ1) is 14.2. The van der Waals surface area contributed by atoms with Gasteiger partial charge in [-0.3, -0.25) is 4.68 Å². The first-order valence-electron chi connectivity index (χ1n) is 6.09. The summed E-state index contributed by atoms with van der Waals surface area (Å²) in [5.41, 5.74) is 7.84. The molecule has 0 aliphatic rings. The molecule has 0 amide bonds. The van der Waals surface area contributed by atoms with Crippen molar-refractivity contribution in [1.29, 1.82) is 0 Å². The Morgan fingerprint density at radius 2 is 2.35 bits per heavy atom. The highest BCUT2D eigenvalue weighted by atomic mass is 16.5. The maximum atomic E-state index is 5.53. The van der Waals surface area contributed by atoms with E-state index in [-0.39, 0.29) is 0 Å². The Balaban J connectivity index is 2.42. The van der Waals surface area contributed by atoms with Crippen molar-refractivity contribution in [1.82, 2.24) is 15.1 Å². The predicted molar refractivity (Wildman–Crippen MR) is 68.7 cm³/mol. The fourth-order valence-corrected chi connectivity index (χ4v) is 1.89. The van der Waals surface area contributed by atoms with E-state index in [1.807, 2.05) is 18.7 Å². The molecule has 17 heavy (non-hydrogen) atoms. The van der Waals surface area contributed by atoms with Gasteiger partial charge >= 0.3 is 0 Å². The van der Waals surface area contributed by atoms with Crippen molar-refractivity contribution in [2.45, 2.75) is 32.4 Å². The van der Waals surface area contributed by atoms with Crippen LogP contribution < -0.4 is 11.1 Å². The van der Waals surface area contributed by atoms with Crippen molar-refractivity contribution in [3.8, 4) is 0 Å². The lowest BCUT2D eigenvalue weighted by atomic mass is 10.1. The molecule has 98 valence electrons. The minimum atomic E-state index is 0.364. The van der Waals surface area contributed by atoms with Crippen molar-refractivity contribution in [3.05, 3.63) is 17.5 Å². The van der Waals surface area contributed by atoms with Crippen LogP contribution in [0.2, 0.25) is 0 Å².